The van der Waals surface area contributed by atoms with E-state index in [-0.39, 0.29) is 31.1 Å². The van der Waals surface area contributed by atoms with Crippen molar-refractivity contribution in [2.24, 2.45) is 11.8 Å². The van der Waals surface area contributed by atoms with Crippen molar-refractivity contribution < 1.29 is 32.6 Å². The third-order valence-electron chi connectivity index (χ3n) is 7.89. The van der Waals surface area contributed by atoms with E-state index < -0.39 is 23.9 Å². The number of likely N-dealkylation sites (N-methyl/N-ethyl adjacent to an activating group) is 2. The van der Waals surface area contributed by atoms with Gasteiger partial charge in [0.25, 0.3) is 0 Å². The molecule has 3 unspecified atom stereocenters. The van der Waals surface area contributed by atoms with Gasteiger partial charge < -0.3 is 30.3 Å². The van der Waals surface area contributed by atoms with Crippen LogP contribution in [0.2, 0.25) is 0 Å². The van der Waals surface area contributed by atoms with Crippen molar-refractivity contribution in [1.29, 1.82) is 0 Å². The first-order valence-corrected chi connectivity index (χ1v) is 14.0. The van der Waals surface area contributed by atoms with E-state index in [1.807, 2.05) is 7.05 Å². The number of nitrogens with one attached hydrogen (secondary N) is 2. The number of ether oxygens (including phenoxy) is 1. The molecule has 3 amide bonds. The van der Waals surface area contributed by atoms with Gasteiger partial charge >= 0.3 is 18.3 Å². The van der Waals surface area contributed by atoms with Gasteiger partial charge in [-0.1, -0.05) is 44.2 Å². The molecule has 0 bridgehead atoms. The number of alkyl halides is 3. The Balaban J connectivity index is 1.71. The predicted octanol–water partition coefficient (Wildman–Crippen LogP) is 5.35. The molecule has 1 aliphatic carbocycles. The average Bonchev–Trinajstić information content (AvgIpc) is 2.91. The molecule has 0 radical (unpaired) electrons. The molecule has 220 valence electrons. The number of urea groups is 1. The lowest BCUT2D eigenvalue weighted by Gasteiger charge is -2.38. The third kappa shape index (κ3) is 9.56. The number of rotatable bonds is 11. The lowest BCUT2D eigenvalue weighted by molar-refractivity contribution is -0.137. The molecule has 0 aromatic heterocycles. The maximum absolute atomic E-state index is 13.5. The van der Waals surface area contributed by atoms with Crippen molar-refractivity contribution >= 4 is 12.1 Å². The highest BCUT2D eigenvalue weighted by Gasteiger charge is 2.35. The summed E-state index contributed by atoms with van der Waals surface area (Å²) in [7, 11) is 3.28. The molecule has 1 aliphatic heterocycles. The van der Waals surface area contributed by atoms with Crippen LogP contribution in [0.4, 0.5) is 22.8 Å². The monoisotopic (exact) mass is 556 g/mol. The van der Waals surface area contributed by atoms with E-state index in [1.165, 1.54) is 45.2 Å². The zero-order chi connectivity index (χ0) is 28.4. The maximum atomic E-state index is 13.5. The molecule has 1 heterocycles. The van der Waals surface area contributed by atoms with Gasteiger partial charge in [-0.15, -0.1) is 0 Å². The molecule has 2 aliphatic rings. The molecule has 0 spiro atoms. The van der Waals surface area contributed by atoms with Gasteiger partial charge in [0.2, 0.25) is 0 Å². The SMILES string of the molecule is CNCC(CC1CCCCC1)NC(=O)N1CCCC(C(OCCN(C)C(=O)O)c2cccc(C(F)(F)F)c2)C1. The molecular formula is C28H43F3N4O4. The predicted molar refractivity (Wildman–Crippen MR) is 143 cm³/mol. The lowest BCUT2D eigenvalue weighted by atomic mass is 9.85. The Morgan fingerprint density at radius 2 is 1.92 bits per heavy atom. The van der Waals surface area contributed by atoms with Crippen LogP contribution in [0.3, 0.4) is 0 Å². The normalized spacial score (nSPS) is 20.3. The second kappa shape index (κ2) is 14.7. The third-order valence-corrected chi connectivity index (χ3v) is 7.89. The fourth-order valence-electron chi connectivity index (χ4n) is 5.78. The summed E-state index contributed by atoms with van der Waals surface area (Å²) in [4.78, 5) is 27.3. The molecule has 1 aromatic carbocycles. The fraction of sp³-hybridized carbons (Fsp3) is 0.714. The summed E-state index contributed by atoms with van der Waals surface area (Å²) in [5, 5.41) is 15.5. The minimum Gasteiger partial charge on any atom is -0.465 e. The first-order chi connectivity index (χ1) is 18.6. The van der Waals surface area contributed by atoms with Gasteiger partial charge in [0, 0.05) is 45.2 Å². The maximum Gasteiger partial charge on any atom is 0.416 e. The molecule has 1 saturated heterocycles. The highest BCUT2D eigenvalue weighted by molar-refractivity contribution is 5.74. The van der Waals surface area contributed by atoms with Crippen LogP contribution >= 0.6 is 0 Å². The number of hydrogen-bond acceptors (Lipinski definition) is 4. The van der Waals surface area contributed by atoms with E-state index in [0.29, 0.717) is 44.0 Å². The van der Waals surface area contributed by atoms with Gasteiger partial charge in [-0.05, 0) is 49.9 Å². The minimum atomic E-state index is -4.50. The molecule has 1 saturated carbocycles. The number of piperidine rings is 1. The zero-order valence-electron chi connectivity index (χ0n) is 23.0. The van der Waals surface area contributed by atoms with Crippen molar-refractivity contribution in [3.05, 3.63) is 35.4 Å². The number of hydrogen-bond donors (Lipinski definition) is 3. The first kappa shape index (κ1) is 31.0. The van der Waals surface area contributed by atoms with Gasteiger partial charge in [-0.2, -0.15) is 13.2 Å². The Morgan fingerprint density at radius 1 is 1.18 bits per heavy atom. The standard InChI is InChI=1S/C28H43F3N4O4/c1-32-18-24(16-20-8-4-3-5-9-20)33-26(36)35-13-7-11-22(19-35)25(39-15-14-34(2)27(37)38)21-10-6-12-23(17-21)28(29,30)31/h6,10,12,17,20,22,24-25,32H,3-5,7-9,11,13-16,18-19H2,1-2H3,(H,33,36)(H,37,38). The van der Waals surface area contributed by atoms with Gasteiger partial charge in [0.05, 0.1) is 18.3 Å². The molecule has 11 heteroatoms. The topological polar surface area (TPSA) is 94.1 Å². The number of amides is 3. The Labute approximate surface area is 229 Å². The number of nitrogens with zero attached hydrogens (tertiary/aromatic N) is 2. The second-order valence-corrected chi connectivity index (χ2v) is 10.9. The van der Waals surface area contributed by atoms with Crippen LogP contribution < -0.4 is 10.6 Å². The highest BCUT2D eigenvalue weighted by atomic mass is 19.4. The summed E-state index contributed by atoms with van der Waals surface area (Å²) in [5.41, 5.74) is -0.389. The van der Waals surface area contributed by atoms with E-state index in [0.717, 1.165) is 23.5 Å². The van der Waals surface area contributed by atoms with Crippen molar-refractivity contribution in [2.75, 3.05) is 46.9 Å². The van der Waals surface area contributed by atoms with Crippen LogP contribution in [0.1, 0.15) is 68.6 Å². The van der Waals surface area contributed by atoms with E-state index in [1.54, 1.807) is 11.0 Å². The van der Waals surface area contributed by atoms with Crippen molar-refractivity contribution in [2.45, 2.75) is 69.7 Å². The minimum absolute atomic E-state index is 0.00745. The fourth-order valence-corrected chi connectivity index (χ4v) is 5.78. The van der Waals surface area contributed by atoms with E-state index in [9.17, 15) is 22.8 Å². The average molecular weight is 557 g/mol. The molecular weight excluding hydrogens is 513 g/mol. The first-order valence-electron chi connectivity index (χ1n) is 14.0. The molecule has 3 rings (SSSR count). The number of benzene rings is 1. The Bertz CT molecular complexity index is 926. The quantitative estimate of drug-likeness (QED) is 0.342. The van der Waals surface area contributed by atoms with Crippen molar-refractivity contribution in [1.82, 2.24) is 20.4 Å². The van der Waals surface area contributed by atoms with Gasteiger partial charge in [-0.3, -0.25) is 0 Å². The van der Waals surface area contributed by atoms with E-state index in [2.05, 4.69) is 10.6 Å². The van der Waals surface area contributed by atoms with Crippen LogP contribution in [-0.2, 0) is 10.9 Å². The Morgan fingerprint density at radius 3 is 2.59 bits per heavy atom. The number of carboxylic acid groups (broad SMARTS) is 1. The molecule has 3 atom stereocenters. The smallest absolute Gasteiger partial charge is 0.416 e. The van der Waals surface area contributed by atoms with Crippen LogP contribution in [0, 0.1) is 11.8 Å². The lowest BCUT2D eigenvalue weighted by Crippen LogP contribution is -2.52. The Hall–Kier alpha value is -2.53. The molecule has 8 nitrogen and oxygen atoms in total. The van der Waals surface area contributed by atoms with Crippen molar-refractivity contribution in [3.63, 3.8) is 0 Å². The summed E-state index contributed by atoms with van der Waals surface area (Å²) in [6, 6.07) is 4.93. The van der Waals surface area contributed by atoms with Gasteiger partial charge in [0.15, 0.2) is 0 Å². The van der Waals surface area contributed by atoms with E-state index >= 15 is 0 Å². The van der Waals surface area contributed by atoms with Crippen LogP contribution in [0.25, 0.3) is 0 Å². The molecule has 2 fully saturated rings. The number of carbonyl (C=O) groups is 2. The van der Waals surface area contributed by atoms with Crippen LogP contribution in [-0.4, -0.2) is 80.0 Å². The molecule has 1 aromatic rings. The summed E-state index contributed by atoms with van der Waals surface area (Å²) >= 11 is 0. The molecule has 3 N–H and O–H groups in total. The molecule has 39 heavy (non-hydrogen) atoms. The second-order valence-electron chi connectivity index (χ2n) is 10.9. The van der Waals surface area contributed by atoms with Crippen LogP contribution in [0.5, 0.6) is 0 Å². The van der Waals surface area contributed by atoms with Crippen LogP contribution in [0.15, 0.2) is 24.3 Å². The summed E-state index contributed by atoms with van der Waals surface area (Å²) in [6.45, 7) is 1.69. The number of carbonyl (C=O) groups excluding carboxylic acids is 1. The number of halogens is 3. The van der Waals surface area contributed by atoms with Crippen molar-refractivity contribution in [3.8, 4) is 0 Å². The largest absolute Gasteiger partial charge is 0.465 e. The highest BCUT2D eigenvalue weighted by Crippen LogP contribution is 2.36. The van der Waals surface area contributed by atoms with Gasteiger partial charge in [0.1, 0.15) is 0 Å². The zero-order valence-corrected chi connectivity index (χ0v) is 23.0. The summed E-state index contributed by atoms with van der Waals surface area (Å²) in [5.74, 6) is 0.373. The van der Waals surface area contributed by atoms with Gasteiger partial charge in [-0.25, -0.2) is 9.59 Å². The summed E-state index contributed by atoms with van der Waals surface area (Å²) in [6.07, 6.45) is 2.11. The number of likely N-dealkylation sites (tertiary alicyclic amines) is 1. The Kier molecular flexibility index (Phi) is 11.7. The summed E-state index contributed by atoms with van der Waals surface area (Å²) < 4.78 is 46.4. The van der Waals surface area contributed by atoms with E-state index in [4.69, 9.17) is 9.84 Å².